The summed E-state index contributed by atoms with van der Waals surface area (Å²) < 4.78 is 37.6. The summed E-state index contributed by atoms with van der Waals surface area (Å²) in [6.07, 6.45) is 6.25. The first-order valence-corrected chi connectivity index (χ1v) is 12.1. The molecule has 1 amide bonds. The van der Waals surface area contributed by atoms with Crippen molar-refractivity contribution in [3.8, 4) is 5.75 Å². The number of ether oxygens (including phenoxy) is 2. The van der Waals surface area contributed by atoms with Crippen molar-refractivity contribution in [1.29, 1.82) is 0 Å². The van der Waals surface area contributed by atoms with Gasteiger partial charge in [-0.05, 0) is 48.9 Å². The Bertz CT molecular complexity index is 805. The molecule has 0 bridgehead atoms. The highest BCUT2D eigenvalue weighted by molar-refractivity contribution is 7.89. The van der Waals surface area contributed by atoms with Gasteiger partial charge in [-0.1, -0.05) is 19.3 Å². The summed E-state index contributed by atoms with van der Waals surface area (Å²) in [5, 5.41) is 0. The van der Waals surface area contributed by atoms with Gasteiger partial charge in [0.05, 0.1) is 18.1 Å². The van der Waals surface area contributed by atoms with Gasteiger partial charge in [0, 0.05) is 26.2 Å². The van der Waals surface area contributed by atoms with Crippen molar-refractivity contribution in [3.63, 3.8) is 0 Å². The van der Waals surface area contributed by atoms with Crippen LogP contribution in [0.25, 0.3) is 0 Å². The quantitative estimate of drug-likeness (QED) is 0.727. The van der Waals surface area contributed by atoms with Crippen molar-refractivity contribution >= 4 is 15.9 Å². The molecular weight excluding hydrogens is 392 g/mol. The van der Waals surface area contributed by atoms with Crippen molar-refractivity contribution in [2.75, 3.05) is 46.0 Å². The molecule has 4 rings (SSSR count). The van der Waals surface area contributed by atoms with Gasteiger partial charge in [0.15, 0.2) is 6.61 Å². The summed E-state index contributed by atoms with van der Waals surface area (Å²) in [4.78, 5) is 14.7. The Morgan fingerprint density at radius 2 is 1.69 bits per heavy atom. The van der Waals surface area contributed by atoms with Crippen LogP contribution in [0, 0.1) is 11.8 Å². The lowest BCUT2D eigenvalue weighted by Crippen LogP contribution is -2.46. The summed E-state index contributed by atoms with van der Waals surface area (Å²) in [5.74, 6) is 1.95. The molecule has 1 aromatic rings. The molecule has 3 fully saturated rings. The van der Waals surface area contributed by atoms with Crippen LogP contribution in [0.1, 0.15) is 32.1 Å². The van der Waals surface area contributed by atoms with Crippen LogP contribution in [-0.2, 0) is 19.6 Å². The minimum Gasteiger partial charge on any atom is -0.484 e. The van der Waals surface area contributed by atoms with E-state index in [1.54, 1.807) is 12.1 Å². The Kier molecular flexibility index (Phi) is 6.41. The second-order valence-corrected chi connectivity index (χ2v) is 10.1. The van der Waals surface area contributed by atoms with E-state index in [-0.39, 0.29) is 17.4 Å². The lowest BCUT2D eigenvalue weighted by molar-refractivity contribution is -0.136. The number of rotatable bonds is 5. The van der Waals surface area contributed by atoms with E-state index in [2.05, 4.69) is 0 Å². The van der Waals surface area contributed by atoms with Crippen molar-refractivity contribution < 1.29 is 22.7 Å². The van der Waals surface area contributed by atoms with E-state index < -0.39 is 10.0 Å². The first kappa shape index (κ1) is 20.6. The molecule has 1 saturated carbocycles. The van der Waals surface area contributed by atoms with E-state index in [1.807, 2.05) is 4.90 Å². The highest BCUT2D eigenvalue weighted by atomic mass is 32.2. The van der Waals surface area contributed by atoms with E-state index >= 15 is 0 Å². The van der Waals surface area contributed by atoms with Gasteiger partial charge >= 0.3 is 0 Å². The van der Waals surface area contributed by atoms with Crippen LogP contribution in [0.2, 0.25) is 0 Å². The van der Waals surface area contributed by atoms with Crippen LogP contribution in [0.15, 0.2) is 29.2 Å². The van der Waals surface area contributed by atoms with Gasteiger partial charge in [-0.3, -0.25) is 4.79 Å². The van der Waals surface area contributed by atoms with Gasteiger partial charge in [0.1, 0.15) is 5.75 Å². The number of carbonyl (C=O) groups excluding carboxylic acids is 1. The molecule has 7 nitrogen and oxygen atoms in total. The molecular formula is C21H30N2O5S. The number of carbonyl (C=O) groups is 1. The van der Waals surface area contributed by atoms with E-state index in [1.165, 1.54) is 42.1 Å². The van der Waals surface area contributed by atoms with E-state index in [0.717, 1.165) is 25.4 Å². The number of likely N-dealkylation sites (tertiary alicyclic amines) is 1. The molecule has 2 aliphatic heterocycles. The number of sulfonamides is 1. The molecule has 8 heteroatoms. The van der Waals surface area contributed by atoms with Crippen LogP contribution in [0.5, 0.6) is 5.75 Å². The molecule has 1 aliphatic carbocycles. The van der Waals surface area contributed by atoms with E-state index in [0.29, 0.717) is 38.0 Å². The molecule has 0 unspecified atom stereocenters. The fourth-order valence-electron chi connectivity index (χ4n) is 4.71. The van der Waals surface area contributed by atoms with Crippen molar-refractivity contribution in [2.24, 2.45) is 11.8 Å². The highest BCUT2D eigenvalue weighted by Crippen LogP contribution is 2.36. The maximum absolute atomic E-state index is 12.7. The Labute approximate surface area is 173 Å². The molecule has 160 valence electrons. The SMILES string of the molecule is O=C(COc1ccc(S(=O)(=O)N2CCOCC2)cc1)N1CC[C@H]2CCCC[C@H]2C1. The predicted octanol–water partition coefficient (Wildman–Crippen LogP) is 2.12. The van der Waals surface area contributed by atoms with Gasteiger partial charge in [0.2, 0.25) is 10.0 Å². The molecule has 0 radical (unpaired) electrons. The second-order valence-electron chi connectivity index (χ2n) is 8.21. The first-order chi connectivity index (χ1) is 14.0. The molecule has 1 aromatic carbocycles. The average Bonchev–Trinajstić information content (AvgIpc) is 2.78. The topological polar surface area (TPSA) is 76.2 Å². The zero-order chi connectivity index (χ0) is 20.3. The molecule has 29 heavy (non-hydrogen) atoms. The number of hydrogen-bond donors (Lipinski definition) is 0. The predicted molar refractivity (Wildman–Crippen MR) is 108 cm³/mol. The van der Waals surface area contributed by atoms with E-state index in [4.69, 9.17) is 9.47 Å². The van der Waals surface area contributed by atoms with Gasteiger partial charge in [-0.15, -0.1) is 0 Å². The lowest BCUT2D eigenvalue weighted by Gasteiger charge is -2.41. The summed E-state index contributed by atoms with van der Waals surface area (Å²) in [7, 11) is -3.52. The Balaban J connectivity index is 1.30. The fourth-order valence-corrected chi connectivity index (χ4v) is 6.12. The monoisotopic (exact) mass is 422 g/mol. The molecule has 0 aromatic heterocycles. The summed E-state index contributed by atoms with van der Waals surface area (Å²) in [6.45, 7) is 3.23. The standard InChI is InChI=1S/C21H30N2O5S/c24-21(22-10-9-17-3-1-2-4-18(17)15-22)16-28-19-5-7-20(8-6-19)29(25,26)23-11-13-27-14-12-23/h5-8,17-18H,1-4,9-16H2/t17-,18+/m1/s1. The average molecular weight is 423 g/mol. The van der Waals surface area contributed by atoms with Gasteiger partial charge in [-0.25, -0.2) is 8.42 Å². The number of hydrogen-bond acceptors (Lipinski definition) is 5. The van der Waals surface area contributed by atoms with Crippen molar-refractivity contribution in [3.05, 3.63) is 24.3 Å². The minimum atomic E-state index is -3.52. The van der Waals surface area contributed by atoms with Crippen LogP contribution in [0.3, 0.4) is 0 Å². The van der Waals surface area contributed by atoms with Crippen LogP contribution < -0.4 is 4.74 Å². The number of piperidine rings is 1. The summed E-state index contributed by atoms with van der Waals surface area (Å²) in [5.41, 5.74) is 0. The smallest absolute Gasteiger partial charge is 0.260 e. The number of amides is 1. The number of fused-ring (bicyclic) bond motifs is 1. The third-order valence-electron chi connectivity index (χ3n) is 6.44. The summed E-state index contributed by atoms with van der Waals surface area (Å²) in [6, 6.07) is 6.32. The molecule has 3 aliphatic rings. The highest BCUT2D eigenvalue weighted by Gasteiger charge is 2.33. The largest absolute Gasteiger partial charge is 0.484 e. The zero-order valence-corrected chi connectivity index (χ0v) is 17.6. The van der Waals surface area contributed by atoms with Crippen LogP contribution >= 0.6 is 0 Å². The maximum atomic E-state index is 12.7. The molecule has 2 saturated heterocycles. The second kappa shape index (κ2) is 9.02. The van der Waals surface area contributed by atoms with Gasteiger partial charge in [-0.2, -0.15) is 4.31 Å². The lowest BCUT2D eigenvalue weighted by atomic mass is 9.75. The Morgan fingerprint density at radius 3 is 2.41 bits per heavy atom. The number of nitrogens with zero attached hydrogens (tertiary/aromatic N) is 2. The zero-order valence-electron chi connectivity index (χ0n) is 16.8. The Hall–Kier alpha value is -1.64. The van der Waals surface area contributed by atoms with Crippen LogP contribution in [-0.4, -0.2) is 69.5 Å². The van der Waals surface area contributed by atoms with Crippen molar-refractivity contribution in [2.45, 2.75) is 37.0 Å². The third-order valence-corrected chi connectivity index (χ3v) is 8.35. The molecule has 0 N–H and O–H groups in total. The fraction of sp³-hybridized carbons (Fsp3) is 0.667. The molecule has 0 spiro atoms. The first-order valence-electron chi connectivity index (χ1n) is 10.6. The van der Waals surface area contributed by atoms with Gasteiger partial charge in [0.25, 0.3) is 5.91 Å². The maximum Gasteiger partial charge on any atom is 0.260 e. The number of benzene rings is 1. The molecule has 2 atom stereocenters. The molecule has 2 heterocycles. The minimum absolute atomic E-state index is 0.00700. The van der Waals surface area contributed by atoms with Crippen LogP contribution in [0.4, 0.5) is 0 Å². The Morgan fingerprint density at radius 1 is 1.00 bits per heavy atom. The van der Waals surface area contributed by atoms with Gasteiger partial charge < -0.3 is 14.4 Å². The van der Waals surface area contributed by atoms with E-state index in [9.17, 15) is 13.2 Å². The third kappa shape index (κ3) is 4.75. The normalized spacial score (nSPS) is 26.0. The number of morpholine rings is 1. The summed E-state index contributed by atoms with van der Waals surface area (Å²) >= 11 is 0. The van der Waals surface area contributed by atoms with Crippen molar-refractivity contribution in [1.82, 2.24) is 9.21 Å².